The molecule has 15 nitrogen and oxygen atoms in total. The molecule has 1 atom stereocenters. The van der Waals surface area contributed by atoms with Gasteiger partial charge in [0.25, 0.3) is 5.91 Å². The summed E-state index contributed by atoms with van der Waals surface area (Å²) in [6, 6.07) is 10.3. The number of aryl methyl sites for hydroxylation is 1. The molecular formula is C54H63ClF2N8O7. The number of rotatable bonds is 15. The Balaban J connectivity index is 0.721. The minimum Gasteiger partial charge on any atom is -0.508 e. The molecule has 0 radical (unpaired) electrons. The number of anilines is 2. The van der Waals surface area contributed by atoms with Crippen LogP contribution in [0.2, 0.25) is 5.02 Å². The highest BCUT2D eigenvalue weighted by Crippen LogP contribution is 2.47. The highest BCUT2D eigenvalue weighted by molar-refractivity contribution is 6.34. The standard InChI is InChI=1S/C54H63ClF2N8O7/c1-3-38-42(56)8-6-35-25-37(66)27-39(45(35)38)47-46(57)48-40(28-58-47)49(64-18-4-15-53(2,70)30-64)61-51(60-48)72-32-54(16-17-54)31-62-19-9-33(10-20-62)14-24-71-29-34-11-21-63(22-12-34)50(68)36-5-7-41(55)43(26-36)65-23-13-44(67)59-52(65)69/h5-8,25-28,33-34,66,70H,3-4,9-24,29-32H2,1-2H3,(H,59,67,69)/t53-/m1/s1. The molecule has 5 fully saturated rings. The molecular weight excluding hydrogens is 946 g/mol. The molecule has 4 saturated heterocycles. The van der Waals surface area contributed by atoms with Gasteiger partial charge in [0.15, 0.2) is 5.82 Å². The molecule has 72 heavy (non-hydrogen) atoms. The zero-order chi connectivity index (χ0) is 50.3. The van der Waals surface area contributed by atoms with Crippen molar-refractivity contribution in [2.45, 2.75) is 90.1 Å². The molecule has 5 aromatic rings. The van der Waals surface area contributed by atoms with Crippen molar-refractivity contribution < 1.29 is 42.9 Å². The van der Waals surface area contributed by atoms with Gasteiger partial charge >= 0.3 is 12.0 Å². The summed E-state index contributed by atoms with van der Waals surface area (Å²) in [5, 5.41) is 25.9. The Morgan fingerprint density at radius 2 is 1.74 bits per heavy atom. The number of phenolic OH excluding ortho intramolecular Hbond substituents is 1. The van der Waals surface area contributed by atoms with Crippen LogP contribution in [0.5, 0.6) is 11.8 Å². The van der Waals surface area contributed by atoms with E-state index in [1.165, 1.54) is 29.3 Å². The number of likely N-dealkylation sites (tertiary alicyclic amines) is 2. The maximum atomic E-state index is 17.1. The summed E-state index contributed by atoms with van der Waals surface area (Å²) >= 11 is 6.41. The van der Waals surface area contributed by atoms with Gasteiger partial charge < -0.3 is 34.4 Å². The number of piperidine rings is 3. The van der Waals surface area contributed by atoms with Gasteiger partial charge in [-0.1, -0.05) is 24.6 Å². The molecule has 1 aliphatic carbocycles. The first kappa shape index (κ1) is 49.8. The van der Waals surface area contributed by atoms with Crippen LogP contribution >= 0.6 is 11.6 Å². The molecule has 3 N–H and O–H groups in total. The first-order chi connectivity index (χ1) is 34.7. The van der Waals surface area contributed by atoms with Crippen LogP contribution in [0, 0.1) is 28.9 Å². The monoisotopic (exact) mass is 1010 g/mol. The molecule has 10 rings (SSSR count). The first-order valence-electron chi connectivity index (χ1n) is 25.6. The Morgan fingerprint density at radius 3 is 2.47 bits per heavy atom. The second kappa shape index (κ2) is 20.6. The second-order valence-corrected chi connectivity index (χ2v) is 21.4. The van der Waals surface area contributed by atoms with E-state index in [2.05, 4.69) is 20.2 Å². The summed E-state index contributed by atoms with van der Waals surface area (Å²) in [4.78, 5) is 59.4. The number of amides is 4. The van der Waals surface area contributed by atoms with Gasteiger partial charge in [0, 0.05) is 81.6 Å². The van der Waals surface area contributed by atoms with Crippen molar-refractivity contribution >= 4 is 62.6 Å². The van der Waals surface area contributed by atoms with E-state index in [0.717, 1.165) is 64.6 Å². The van der Waals surface area contributed by atoms with Crippen LogP contribution in [-0.2, 0) is 16.0 Å². The fraction of sp³-hybridized carbons (Fsp3) is 0.519. The Bertz CT molecular complexity index is 2890. The van der Waals surface area contributed by atoms with Gasteiger partial charge in [0.2, 0.25) is 5.91 Å². The predicted octanol–water partition coefficient (Wildman–Crippen LogP) is 8.67. The highest BCUT2D eigenvalue weighted by atomic mass is 35.5. The number of aromatic hydroxyl groups is 1. The Labute approximate surface area is 422 Å². The van der Waals surface area contributed by atoms with E-state index in [9.17, 15) is 24.6 Å². The second-order valence-electron chi connectivity index (χ2n) is 21.0. The molecule has 4 amide bonds. The summed E-state index contributed by atoms with van der Waals surface area (Å²) in [7, 11) is 0. The zero-order valence-corrected chi connectivity index (χ0v) is 41.8. The molecule has 6 heterocycles. The van der Waals surface area contributed by atoms with Gasteiger partial charge in [-0.15, -0.1) is 0 Å². The number of imide groups is 1. The fourth-order valence-electron chi connectivity index (χ4n) is 11.2. The number of phenols is 1. The van der Waals surface area contributed by atoms with Crippen LogP contribution in [0.1, 0.15) is 94.0 Å². The average Bonchev–Trinajstić information content (AvgIpc) is 4.14. The molecule has 0 bridgehead atoms. The van der Waals surface area contributed by atoms with E-state index in [1.807, 2.05) is 16.7 Å². The maximum absolute atomic E-state index is 17.1. The number of aromatic nitrogens is 3. The van der Waals surface area contributed by atoms with Crippen molar-refractivity contribution in [1.82, 2.24) is 30.1 Å². The van der Waals surface area contributed by atoms with E-state index in [1.54, 1.807) is 31.2 Å². The first-order valence-corrected chi connectivity index (χ1v) is 26.0. The largest absolute Gasteiger partial charge is 0.508 e. The lowest BCUT2D eigenvalue weighted by molar-refractivity contribution is -0.120. The Kier molecular flexibility index (Phi) is 14.3. The van der Waals surface area contributed by atoms with Gasteiger partial charge in [0.1, 0.15) is 28.6 Å². The summed E-state index contributed by atoms with van der Waals surface area (Å²) in [5.74, 6) is -0.310. The molecule has 1 saturated carbocycles. The number of ether oxygens (including phenoxy) is 2. The van der Waals surface area contributed by atoms with E-state index in [-0.39, 0.29) is 65.3 Å². The summed E-state index contributed by atoms with van der Waals surface area (Å²) in [5.41, 5.74) is 0.427. The quantitative estimate of drug-likeness (QED) is 0.0854. The van der Waals surface area contributed by atoms with Gasteiger partial charge in [0.05, 0.1) is 28.3 Å². The fourth-order valence-corrected chi connectivity index (χ4v) is 11.4. The van der Waals surface area contributed by atoms with Crippen LogP contribution in [-0.4, -0.2) is 131 Å². The number of pyridine rings is 1. The van der Waals surface area contributed by atoms with Crippen LogP contribution in [0.15, 0.2) is 48.7 Å². The van der Waals surface area contributed by atoms with E-state index in [4.69, 9.17) is 26.1 Å². The number of hydrogen-bond donors (Lipinski definition) is 3. The van der Waals surface area contributed by atoms with Crippen molar-refractivity contribution in [3.05, 3.63) is 76.4 Å². The summed E-state index contributed by atoms with van der Waals surface area (Å²) in [6.45, 7) is 10.5. The number of nitrogens with one attached hydrogen (secondary N) is 1. The average molecular weight is 1010 g/mol. The molecule has 2 aromatic heterocycles. The topological polar surface area (TPSA) is 174 Å². The number of nitrogens with zero attached hydrogens (tertiary/aromatic N) is 7. The Hall–Kier alpha value is -5.75. The number of urea groups is 1. The van der Waals surface area contributed by atoms with Crippen LogP contribution in [0.25, 0.3) is 32.9 Å². The van der Waals surface area contributed by atoms with Crippen molar-refractivity contribution in [3.63, 3.8) is 0 Å². The van der Waals surface area contributed by atoms with Crippen LogP contribution in [0.4, 0.5) is 25.1 Å². The van der Waals surface area contributed by atoms with Crippen molar-refractivity contribution in [2.24, 2.45) is 17.3 Å². The predicted molar refractivity (Wildman–Crippen MR) is 271 cm³/mol. The lowest BCUT2D eigenvalue weighted by Gasteiger charge is -2.38. The number of β-amino-alcohol motifs (C(OH)–C–C–N with tert-alkyl or cyclic N) is 1. The SMILES string of the molecule is CCc1c(F)ccc2cc(O)cc(-c3ncc4c(N5CCC[C@@](C)(O)C5)nc(OCC5(CN6CCC(CCOCC7CCN(C(=O)c8ccc(Cl)c(N9CCC(=O)NC9=O)c8)CC7)CC6)CC5)nc4c3F)c12. The molecule has 4 aliphatic heterocycles. The van der Waals surface area contributed by atoms with Gasteiger partial charge in [-0.2, -0.15) is 9.97 Å². The highest BCUT2D eigenvalue weighted by Gasteiger charge is 2.45. The maximum Gasteiger partial charge on any atom is 0.328 e. The van der Waals surface area contributed by atoms with Gasteiger partial charge in [-0.25, -0.2) is 13.6 Å². The minimum absolute atomic E-state index is 0.00239. The number of carbonyl (C=O) groups is 3. The molecule has 0 unspecified atom stereocenters. The zero-order valence-electron chi connectivity index (χ0n) is 41.0. The number of carbonyl (C=O) groups excluding carboxylic acids is 3. The normalized spacial score (nSPS) is 21.2. The Morgan fingerprint density at radius 1 is 0.958 bits per heavy atom. The molecule has 0 spiro atoms. The molecule has 382 valence electrons. The number of benzene rings is 3. The third kappa shape index (κ3) is 10.7. The number of aliphatic hydroxyl groups is 1. The van der Waals surface area contributed by atoms with E-state index < -0.39 is 23.3 Å². The number of fused-ring (bicyclic) bond motifs is 2. The van der Waals surface area contributed by atoms with Crippen molar-refractivity contribution in [2.75, 3.05) is 82.0 Å². The van der Waals surface area contributed by atoms with Crippen molar-refractivity contribution in [3.8, 4) is 23.0 Å². The van der Waals surface area contributed by atoms with Gasteiger partial charge in [-0.3, -0.25) is 24.8 Å². The summed E-state index contributed by atoms with van der Waals surface area (Å²) < 4.78 is 44.9. The smallest absolute Gasteiger partial charge is 0.328 e. The van der Waals surface area contributed by atoms with Crippen molar-refractivity contribution in [1.29, 1.82) is 0 Å². The lowest BCUT2D eigenvalue weighted by atomic mass is 9.93. The number of hydrogen-bond acceptors (Lipinski definition) is 12. The molecule has 18 heteroatoms. The van der Waals surface area contributed by atoms with E-state index in [0.29, 0.717) is 114 Å². The number of halogens is 3. The molecule has 3 aromatic carbocycles. The third-order valence-electron chi connectivity index (χ3n) is 15.6. The van der Waals surface area contributed by atoms with E-state index >= 15 is 8.78 Å². The van der Waals surface area contributed by atoms with Crippen LogP contribution in [0.3, 0.4) is 0 Å². The summed E-state index contributed by atoms with van der Waals surface area (Å²) in [6.07, 6.45) is 10.2. The van der Waals surface area contributed by atoms with Gasteiger partial charge in [-0.05, 0) is 149 Å². The minimum atomic E-state index is -0.971. The molecule has 5 aliphatic rings. The lowest BCUT2D eigenvalue weighted by Crippen LogP contribution is -2.49. The third-order valence-corrected chi connectivity index (χ3v) is 15.9. The van der Waals surface area contributed by atoms with Crippen LogP contribution < -0.4 is 19.9 Å².